The summed E-state index contributed by atoms with van der Waals surface area (Å²) in [6.07, 6.45) is 4.30. The van der Waals surface area contributed by atoms with Crippen LogP contribution in [0.25, 0.3) is 11.2 Å². The third-order valence-electron chi connectivity index (χ3n) is 2.25. The summed E-state index contributed by atoms with van der Waals surface area (Å²) in [5.41, 5.74) is 1.31. The topological polar surface area (TPSA) is 79.4 Å². The Morgan fingerprint density at radius 3 is 2.89 bits per heavy atom. The third-order valence-corrected chi connectivity index (χ3v) is 2.25. The Morgan fingerprint density at radius 1 is 1.44 bits per heavy atom. The van der Waals surface area contributed by atoms with Gasteiger partial charge in [0.15, 0.2) is 17.0 Å². The molecule has 0 radical (unpaired) electrons. The normalized spacial score (nSPS) is 13.3. The highest BCUT2D eigenvalue weighted by molar-refractivity contribution is 5.82. The Bertz CT molecular complexity index is 560. The standard InChI is InChI=1S/C11H16N6O/c1-8(18)4-17-7-14-9-10(15-6-16(2)3)12-5-13-11(9)17/h5-8,18H,4H2,1-3H3. The Morgan fingerprint density at radius 2 is 2.22 bits per heavy atom. The Balaban J connectivity index is 2.42. The van der Waals surface area contributed by atoms with Gasteiger partial charge in [-0.3, -0.25) is 0 Å². The van der Waals surface area contributed by atoms with Crippen LogP contribution in [0.5, 0.6) is 0 Å². The fraction of sp³-hybridized carbons (Fsp3) is 0.455. The van der Waals surface area contributed by atoms with E-state index in [9.17, 15) is 5.11 Å². The number of rotatable bonds is 4. The molecular weight excluding hydrogens is 232 g/mol. The molecule has 1 atom stereocenters. The van der Waals surface area contributed by atoms with E-state index in [4.69, 9.17) is 0 Å². The second kappa shape index (κ2) is 5.09. The van der Waals surface area contributed by atoms with E-state index in [1.54, 1.807) is 24.2 Å². The number of fused-ring (bicyclic) bond motifs is 1. The van der Waals surface area contributed by atoms with Crippen molar-refractivity contribution in [1.82, 2.24) is 24.4 Å². The predicted octanol–water partition coefficient (Wildman–Crippen LogP) is 0.428. The molecule has 1 N–H and O–H groups in total. The van der Waals surface area contributed by atoms with Gasteiger partial charge in [0.2, 0.25) is 0 Å². The van der Waals surface area contributed by atoms with Gasteiger partial charge < -0.3 is 14.6 Å². The van der Waals surface area contributed by atoms with Gasteiger partial charge in [0, 0.05) is 14.1 Å². The highest BCUT2D eigenvalue weighted by Gasteiger charge is 2.10. The van der Waals surface area contributed by atoms with E-state index in [0.29, 0.717) is 23.5 Å². The molecule has 2 heterocycles. The van der Waals surface area contributed by atoms with Crippen LogP contribution >= 0.6 is 0 Å². The van der Waals surface area contributed by atoms with Crippen molar-refractivity contribution >= 4 is 23.3 Å². The molecule has 0 amide bonds. The molecule has 7 heteroatoms. The molecule has 0 aromatic carbocycles. The maximum absolute atomic E-state index is 9.40. The second-order valence-corrected chi connectivity index (χ2v) is 4.32. The van der Waals surface area contributed by atoms with Gasteiger partial charge in [-0.25, -0.2) is 19.9 Å². The number of hydrogen-bond donors (Lipinski definition) is 1. The lowest BCUT2D eigenvalue weighted by Gasteiger charge is -2.05. The largest absolute Gasteiger partial charge is 0.392 e. The highest BCUT2D eigenvalue weighted by Crippen LogP contribution is 2.19. The summed E-state index contributed by atoms with van der Waals surface area (Å²) in [5, 5.41) is 9.40. The van der Waals surface area contributed by atoms with E-state index in [1.165, 1.54) is 6.33 Å². The molecule has 0 aliphatic carbocycles. The zero-order valence-electron chi connectivity index (χ0n) is 10.6. The maximum Gasteiger partial charge on any atom is 0.184 e. The van der Waals surface area contributed by atoms with Gasteiger partial charge in [0.05, 0.1) is 25.3 Å². The van der Waals surface area contributed by atoms with Gasteiger partial charge in [-0.1, -0.05) is 0 Å². The number of nitrogens with zero attached hydrogens (tertiary/aromatic N) is 6. The van der Waals surface area contributed by atoms with Crippen LogP contribution in [0.4, 0.5) is 5.82 Å². The molecule has 18 heavy (non-hydrogen) atoms. The first kappa shape index (κ1) is 12.4. The number of aromatic nitrogens is 4. The molecule has 2 aromatic rings. The molecule has 96 valence electrons. The molecule has 7 nitrogen and oxygen atoms in total. The molecular formula is C11H16N6O. The predicted molar refractivity (Wildman–Crippen MR) is 68.8 cm³/mol. The third kappa shape index (κ3) is 2.62. The van der Waals surface area contributed by atoms with Crippen LogP contribution in [-0.4, -0.2) is 56.1 Å². The molecule has 1 unspecified atom stereocenters. The van der Waals surface area contributed by atoms with Gasteiger partial charge in [0.25, 0.3) is 0 Å². The van der Waals surface area contributed by atoms with Crippen LogP contribution in [0.3, 0.4) is 0 Å². The first-order chi connectivity index (χ1) is 8.58. The van der Waals surface area contributed by atoms with E-state index in [1.807, 2.05) is 19.0 Å². The SMILES string of the molecule is CC(O)Cn1cnc2c(N=CN(C)C)ncnc21. The van der Waals surface area contributed by atoms with E-state index in [0.717, 1.165) is 0 Å². The van der Waals surface area contributed by atoms with Crippen molar-refractivity contribution in [3.8, 4) is 0 Å². The smallest absolute Gasteiger partial charge is 0.184 e. The van der Waals surface area contributed by atoms with Crippen molar-refractivity contribution in [2.75, 3.05) is 14.1 Å². The number of imidazole rings is 1. The van der Waals surface area contributed by atoms with E-state index >= 15 is 0 Å². The van der Waals surface area contributed by atoms with Crippen molar-refractivity contribution < 1.29 is 5.11 Å². The van der Waals surface area contributed by atoms with E-state index in [-0.39, 0.29) is 0 Å². The number of aliphatic hydroxyl groups is 1. The summed E-state index contributed by atoms with van der Waals surface area (Å²) >= 11 is 0. The Labute approximate surface area is 105 Å². The second-order valence-electron chi connectivity index (χ2n) is 4.32. The summed E-state index contributed by atoms with van der Waals surface area (Å²) in [4.78, 5) is 18.6. The summed E-state index contributed by atoms with van der Waals surface area (Å²) in [6, 6.07) is 0. The molecule has 0 aliphatic heterocycles. The van der Waals surface area contributed by atoms with E-state index < -0.39 is 6.10 Å². The minimum Gasteiger partial charge on any atom is -0.392 e. The van der Waals surface area contributed by atoms with Gasteiger partial charge in [-0.15, -0.1) is 0 Å². The zero-order chi connectivity index (χ0) is 13.1. The number of aliphatic imine (C=N–C) groups is 1. The summed E-state index contributed by atoms with van der Waals surface area (Å²) in [7, 11) is 3.77. The summed E-state index contributed by atoms with van der Waals surface area (Å²) < 4.78 is 1.79. The molecule has 0 aliphatic rings. The summed E-state index contributed by atoms with van der Waals surface area (Å²) in [5.74, 6) is 0.526. The van der Waals surface area contributed by atoms with Crippen LogP contribution < -0.4 is 0 Å². The average molecular weight is 248 g/mol. The van der Waals surface area contributed by atoms with E-state index in [2.05, 4.69) is 19.9 Å². The average Bonchev–Trinajstić information content (AvgIpc) is 2.69. The molecule has 2 aromatic heterocycles. The fourth-order valence-corrected chi connectivity index (χ4v) is 1.55. The Hall–Kier alpha value is -2.02. The van der Waals surface area contributed by atoms with Crippen LogP contribution in [0.1, 0.15) is 6.92 Å². The monoisotopic (exact) mass is 248 g/mol. The maximum atomic E-state index is 9.40. The quantitative estimate of drug-likeness (QED) is 0.627. The Kier molecular flexibility index (Phi) is 3.52. The molecule has 2 rings (SSSR count). The van der Waals surface area contributed by atoms with Crippen LogP contribution in [0.15, 0.2) is 17.6 Å². The van der Waals surface area contributed by atoms with Crippen molar-refractivity contribution in [1.29, 1.82) is 0 Å². The van der Waals surface area contributed by atoms with Crippen LogP contribution in [0, 0.1) is 0 Å². The van der Waals surface area contributed by atoms with Crippen LogP contribution in [-0.2, 0) is 6.54 Å². The van der Waals surface area contributed by atoms with Gasteiger partial charge in [-0.05, 0) is 6.92 Å². The van der Waals surface area contributed by atoms with Gasteiger partial charge in [0.1, 0.15) is 6.33 Å². The van der Waals surface area contributed by atoms with Crippen molar-refractivity contribution in [3.05, 3.63) is 12.7 Å². The van der Waals surface area contributed by atoms with Gasteiger partial charge in [-0.2, -0.15) is 0 Å². The van der Waals surface area contributed by atoms with Gasteiger partial charge >= 0.3 is 0 Å². The lowest BCUT2D eigenvalue weighted by molar-refractivity contribution is 0.175. The lowest BCUT2D eigenvalue weighted by atomic mass is 10.4. The molecule has 0 bridgehead atoms. The van der Waals surface area contributed by atoms with Crippen molar-refractivity contribution in [2.24, 2.45) is 4.99 Å². The van der Waals surface area contributed by atoms with Crippen molar-refractivity contribution in [2.45, 2.75) is 19.6 Å². The zero-order valence-corrected chi connectivity index (χ0v) is 10.6. The fourth-order valence-electron chi connectivity index (χ4n) is 1.55. The minimum atomic E-state index is -0.453. The first-order valence-electron chi connectivity index (χ1n) is 5.62. The summed E-state index contributed by atoms with van der Waals surface area (Å²) in [6.45, 7) is 2.17. The minimum absolute atomic E-state index is 0.449. The number of aliphatic hydroxyl groups excluding tert-OH is 1. The highest BCUT2D eigenvalue weighted by atomic mass is 16.3. The molecule has 0 spiro atoms. The van der Waals surface area contributed by atoms with Crippen molar-refractivity contribution in [3.63, 3.8) is 0 Å². The molecule has 0 saturated carbocycles. The van der Waals surface area contributed by atoms with Crippen LogP contribution in [0.2, 0.25) is 0 Å². The lowest BCUT2D eigenvalue weighted by Crippen LogP contribution is -2.11. The molecule has 0 saturated heterocycles. The molecule has 0 fully saturated rings. The number of hydrogen-bond acceptors (Lipinski definition) is 5. The first-order valence-corrected chi connectivity index (χ1v) is 5.62.